The molecule has 1 fully saturated rings. The van der Waals surface area contributed by atoms with E-state index >= 15 is 0 Å². The first-order valence-corrected chi connectivity index (χ1v) is 5.61. The molecule has 1 aliphatic heterocycles. The van der Waals surface area contributed by atoms with Crippen molar-refractivity contribution >= 4 is 34.9 Å². The minimum Gasteiger partial charge on any atom is -0.453 e. The Labute approximate surface area is 107 Å². The maximum Gasteiger partial charge on any atom is 0.412 e. The van der Waals surface area contributed by atoms with E-state index in [4.69, 9.17) is 0 Å². The molecule has 1 aliphatic rings. The highest BCUT2D eigenvalue weighted by molar-refractivity contribution is 14.1. The predicted molar refractivity (Wildman–Crippen MR) is 64.6 cm³/mol. The van der Waals surface area contributed by atoms with E-state index in [0.29, 0.717) is 0 Å². The van der Waals surface area contributed by atoms with Crippen LogP contribution in [0.15, 0.2) is 12.7 Å². The molecular weight excluding hydrogens is 327 g/mol. The van der Waals surface area contributed by atoms with Gasteiger partial charge in [0.15, 0.2) is 6.23 Å². The van der Waals surface area contributed by atoms with Crippen LogP contribution in [0.1, 0.15) is 6.42 Å². The summed E-state index contributed by atoms with van der Waals surface area (Å²) in [6.07, 6.45) is 0.0510. The lowest BCUT2D eigenvalue weighted by Crippen LogP contribution is -2.61. The topological polar surface area (TPSA) is 70.1 Å². The molecule has 0 aliphatic carbocycles. The number of ether oxygens (including phenoxy) is 1. The molecule has 90 valence electrons. The molecule has 0 saturated carbocycles. The summed E-state index contributed by atoms with van der Waals surface area (Å²) in [7, 11) is 1.21. The zero-order chi connectivity index (χ0) is 12.3. The SMILES string of the molecule is C=CCC1C(=O)N(I)CC(O)N1C(=O)OC. The summed E-state index contributed by atoms with van der Waals surface area (Å²) in [6, 6.07) is -0.745. The van der Waals surface area contributed by atoms with Gasteiger partial charge in [0.05, 0.1) is 36.5 Å². The number of methoxy groups -OCH3 is 1. The number of hydrogen-bond acceptors (Lipinski definition) is 4. The summed E-state index contributed by atoms with van der Waals surface area (Å²) in [5, 5.41) is 9.75. The average molecular weight is 340 g/mol. The van der Waals surface area contributed by atoms with Crippen molar-refractivity contribution in [2.24, 2.45) is 0 Å². The molecule has 7 heteroatoms. The van der Waals surface area contributed by atoms with Gasteiger partial charge >= 0.3 is 6.09 Å². The van der Waals surface area contributed by atoms with Crippen molar-refractivity contribution in [1.82, 2.24) is 8.01 Å². The second kappa shape index (κ2) is 5.48. The Kier molecular flexibility index (Phi) is 4.54. The first-order valence-electron chi connectivity index (χ1n) is 4.65. The molecular formula is C9H13IN2O4. The smallest absolute Gasteiger partial charge is 0.412 e. The summed E-state index contributed by atoms with van der Waals surface area (Å²) in [6.45, 7) is 3.60. The third-order valence-corrected chi connectivity index (χ3v) is 3.15. The van der Waals surface area contributed by atoms with Crippen molar-refractivity contribution in [2.45, 2.75) is 18.7 Å². The molecule has 0 spiro atoms. The van der Waals surface area contributed by atoms with Crippen LogP contribution in [-0.2, 0) is 9.53 Å². The van der Waals surface area contributed by atoms with Crippen LogP contribution in [0.3, 0.4) is 0 Å². The first-order chi connectivity index (χ1) is 7.52. The Morgan fingerprint density at radius 3 is 2.94 bits per heavy atom. The number of piperazine rings is 1. The lowest BCUT2D eigenvalue weighted by atomic mass is 10.1. The predicted octanol–water partition coefficient (Wildman–Crippen LogP) is 0.510. The fourth-order valence-corrected chi connectivity index (χ4v) is 2.21. The molecule has 1 heterocycles. The Hall–Kier alpha value is -0.830. The Balaban J connectivity index is 2.95. The zero-order valence-electron chi connectivity index (χ0n) is 8.80. The Bertz CT molecular complexity index is 310. The van der Waals surface area contributed by atoms with Gasteiger partial charge in [0.1, 0.15) is 6.04 Å². The highest BCUT2D eigenvalue weighted by Crippen LogP contribution is 2.22. The van der Waals surface area contributed by atoms with Crippen LogP contribution >= 0.6 is 22.9 Å². The van der Waals surface area contributed by atoms with Crippen molar-refractivity contribution in [3.8, 4) is 0 Å². The summed E-state index contributed by atoms with van der Waals surface area (Å²) >= 11 is 1.81. The first kappa shape index (κ1) is 13.2. The van der Waals surface area contributed by atoms with E-state index < -0.39 is 18.4 Å². The van der Waals surface area contributed by atoms with Gasteiger partial charge < -0.3 is 9.84 Å². The second-order valence-electron chi connectivity index (χ2n) is 3.28. The van der Waals surface area contributed by atoms with E-state index in [1.54, 1.807) is 0 Å². The average Bonchev–Trinajstić information content (AvgIpc) is 2.25. The van der Waals surface area contributed by atoms with Crippen LogP contribution < -0.4 is 0 Å². The van der Waals surface area contributed by atoms with Gasteiger partial charge in [-0.1, -0.05) is 6.08 Å². The van der Waals surface area contributed by atoms with Crippen LogP contribution in [0.5, 0.6) is 0 Å². The van der Waals surface area contributed by atoms with Crippen LogP contribution in [0, 0.1) is 0 Å². The molecule has 2 amide bonds. The van der Waals surface area contributed by atoms with Crippen molar-refractivity contribution in [3.05, 3.63) is 12.7 Å². The van der Waals surface area contributed by atoms with Gasteiger partial charge in [-0.15, -0.1) is 6.58 Å². The molecule has 6 nitrogen and oxygen atoms in total. The van der Waals surface area contributed by atoms with E-state index in [9.17, 15) is 14.7 Å². The largest absolute Gasteiger partial charge is 0.453 e. The number of halogens is 1. The maximum absolute atomic E-state index is 11.8. The third kappa shape index (κ3) is 2.46. The fourth-order valence-electron chi connectivity index (χ4n) is 1.54. The third-order valence-electron chi connectivity index (χ3n) is 2.28. The van der Waals surface area contributed by atoms with Gasteiger partial charge in [-0.3, -0.25) is 12.8 Å². The van der Waals surface area contributed by atoms with Gasteiger partial charge in [0, 0.05) is 0 Å². The van der Waals surface area contributed by atoms with E-state index in [0.717, 1.165) is 4.90 Å². The fraction of sp³-hybridized carbons (Fsp3) is 0.556. The number of amides is 2. The van der Waals surface area contributed by atoms with Crippen molar-refractivity contribution in [1.29, 1.82) is 0 Å². The van der Waals surface area contributed by atoms with Gasteiger partial charge in [-0.2, -0.15) is 0 Å². The highest BCUT2D eigenvalue weighted by Gasteiger charge is 2.41. The van der Waals surface area contributed by atoms with Gasteiger partial charge in [-0.25, -0.2) is 4.79 Å². The van der Waals surface area contributed by atoms with Gasteiger partial charge in [-0.05, 0) is 6.42 Å². The van der Waals surface area contributed by atoms with Crippen molar-refractivity contribution in [3.63, 3.8) is 0 Å². The van der Waals surface area contributed by atoms with Crippen LogP contribution in [-0.4, -0.2) is 51.0 Å². The molecule has 1 rings (SSSR count). The van der Waals surface area contributed by atoms with E-state index in [-0.39, 0.29) is 18.9 Å². The van der Waals surface area contributed by atoms with Crippen LogP contribution in [0.25, 0.3) is 0 Å². The van der Waals surface area contributed by atoms with Crippen LogP contribution in [0.2, 0.25) is 0 Å². The van der Waals surface area contributed by atoms with Crippen molar-refractivity contribution < 1.29 is 19.4 Å². The number of rotatable bonds is 2. The summed E-state index contributed by atoms with van der Waals surface area (Å²) < 4.78 is 5.90. The van der Waals surface area contributed by atoms with E-state index in [1.807, 2.05) is 22.9 Å². The maximum atomic E-state index is 11.8. The molecule has 1 N–H and O–H groups in total. The van der Waals surface area contributed by atoms with Crippen LogP contribution in [0.4, 0.5) is 4.79 Å². The number of carbonyl (C=O) groups excluding carboxylic acids is 2. The zero-order valence-corrected chi connectivity index (χ0v) is 11.0. The molecule has 2 atom stereocenters. The Morgan fingerprint density at radius 2 is 2.44 bits per heavy atom. The van der Waals surface area contributed by atoms with Crippen molar-refractivity contribution in [2.75, 3.05) is 13.7 Å². The minimum atomic E-state index is -1.05. The van der Waals surface area contributed by atoms with E-state index in [1.165, 1.54) is 16.3 Å². The number of β-amino-alcohol motifs (C(OH)–C–C–N with tert-alkyl or cyclic N) is 1. The molecule has 16 heavy (non-hydrogen) atoms. The summed E-state index contributed by atoms with van der Waals surface area (Å²) in [5.41, 5.74) is 0. The summed E-state index contributed by atoms with van der Waals surface area (Å²) in [5.74, 6) is -0.240. The quantitative estimate of drug-likeness (QED) is 0.452. The Morgan fingerprint density at radius 1 is 1.81 bits per heavy atom. The molecule has 0 bridgehead atoms. The molecule has 0 aromatic heterocycles. The van der Waals surface area contributed by atoms with E-state index in [2.05, 4.69) is 11.3 Å². The lowest BCUT2D eigenvalue weighted by Gasteiger charge is -2.40. The lowest BCUT2D eigenvalue weighted by molar-refractivity contribution is -0.143. The number of hydrogen-bond donors (Lipinski definition) is 1. The molecule has 0 aromatic rings. The number of aliphatic hydroxyl groups excluding tert-OH is 1. The number of aliphatic hydroxyl groups is 1. The van der Waals surface area contributed by atoms with Gasteiger partial charge in [0.2, 0.25) is 0 Å². The monoisotopic (exact) mass is 340 g/mol. The normalized spacial score (nSPS) is 25.6. The number of nitrogens with zero attached hydrogens (tertiary/aromatic N) is 2. The van der Waals surface area contributed by atoms with Gasteiger partial charge in [0.25, 0.3) is 5.91 Å². The standard InChI is InChI=1S/C9H13IN2O4/c1-3-4-6-8(14)11(10)5-7(13)12(6)9(15)16-2/h3,6-7,13H,1,4-5H2,2H3. The minimum absolute atomic E-state index is 0.0716. The molecule has 2 unspecified atom stereocenters. The molecule has 0 radical (unpaired) electrons. The highest BCUT2D eigenvalue weighted by atomic mass is 127. The number of carbonyl (C=O) groups is 2. The molecule has 0 aromatic carbocycles. The summed E-state index contributed by atoms with van der Waals surface area (Å²) in [4.78, 5) is 24.3. The second-order valence-corrected chi connectivity index (χ2v) is 4.45. The molecule has 1 saturated heterocycles.